The third-order valence-electron chi connectivity index (χ3n) is 2.78. The number of hydrogen-bond acceptors (Lipinski definition) is 7. The van der Waals surface area contributed by atoms with Crippen molar-refractivity contribution in [3.63, 3.8) is 0 Å². The van der Waals surface area contributed by atoms with E-state index in [0.29, 0.717) is 0 Å². The van der Waals surface area contributed by atoms with E-state index in [-0.39, 0.29) is 33.1 Å². The maximum atomic E-state index is 12.1. The molecule has 1 N–H and O–H groups in total. The Kier molecular flexibility index (Phi) is 5.93. The highest BCUT2D eigenvalue weighted by Gasteiger charge is 2.22. The third-order valence-corrected chi connectivity index (χ3v) is 4.20. The van der Waals surface area contributed by atoms with Crippen molar-refractivity contribution in [1.82, 2.24) is 9.71 Å². The van der Waals surface area contributed by atoms with Gasteiger partial charge in [-0.25, -0.2) is 9.71 Å². The molecule has 2 rings (SSSR count). The molecular formula is C14H12Cl2N2O6S. The Morgan fingerprint density at radius 2 is 1.76 bits per heavy atom. The fraction of sp³-hybridized carbons (Fsp3) is 0.143. The number of hydrogen-bond donors (Lipinski definition) is 1. The van der Waals surface area contributed by atoms with Gasteiger partial charge in [0, 0.05) is 12.1 Å². The first kappa shape index (κ1) is 19.1. The van der Waals surface area contributed by atoms with Gasteiger partial charge in [0.1, 0.15) is 11.4 Å². The van der Waals surface area contributed by atoms with E-state index >= 15 is 0 Å². The first-order valence-electron chi connectivity index (χ1n) is 6.56. The van der Waals surface area contributed by atoms with Crippen LogP contribution >= 0.6 is 23.2 Å². The molecule has 1 aromatic heterocycles. The van der Waals surface area contributed by atoms with Crippen molar-refractivity contribution < 1.29 is 26.9 Å². The topological polar surface area (TPSA) is 104 Å². The maximum Gasteiger partial charge on any atom is 0.410 e. The van der Waals surface area contributed by atoms with Gasteiger partial charge in [-0.05, 0) is 12.1 Å². The molecule has 0 radical (unpaired) electrons. The van der Waals surface area contributed by atoms with Crippen molar-refractivity contribution >= 4 is 39.4 Å². The molecule has 0 aliphatic heterocycles. The number of amides is 1. The van der Waals surface area contributed by atoms with Gasteiger partial charge in [0.15, 0.2) is 5.75 Å². The van der Waals surface area contributed by atoms with Crippen LogP contribution in [0.15, 0.2) is 30.3 Å². The summed E-state index contributed by atoms with van der Waals surface area (Å²) in [7, 11) is -1.85. The van der Waals surface area contributed by atoms with Crippen LogP contribution in [0.4, 0.5) is 0 Å². The van der Waals surface area contributed by atoms with Crippen LogP contribution in [0.5, 0.6) is 17.4 Å². The molecule has 1 aromatic carbocycles. The quantitative estimate of drug-likeness (QED) is 0.785. The Balaban J connectivity index is 2.24. The summed E-state index contributed by atoms with van der Waals surface area (Å²) in [6.45, 7) is 0. The van der Waals surface area contributed by atoms with Gasteiger partial charge in [0.05, 0.1) is 24.3 Å². The largest absolute Gasteiger partial charge is 0.496 e. The molecule has 134 valence electrons. The van der Waals surface area contributed by atoms with Gasteiger partial charge in [-0.15, -0.1) is 0 Å². The Morgan fingerprint density at radius 3 is 2.32 bits per heavy atom. The molecule has 0 fully saturated rings. The van der Waals surface area contributed by atoms with Gasteiger partial charge in [-0.2, -0.15) is 8.42 Å². The number of methoxy groups -OCH3 is 2. The van der Waals surface area contributed by atoms with Gasteiger partial charge in [-0.1, -0.05) is 29.3 Å². The predicted octanol–water partition coefficient (Wildman–Crippen LogP) is 2.46. The Labute approximate surface area is 153 Å². The second-order valence-corrected chi connectivity index (χ2v) is 6.55. The highest BCUT2D eigenvalue weighted by Crippen LogP contribution is 2.33. The normalized spacial score (nSPS) is 10.9. The van der Waals surface area contributed by atoms with E-state index in [2.05, 4.69) is 4.98 Å². The number of carbonyl (C=O) groups excluding carboxylic acids is 1. The molecule has 11 heteroatoms. The molecule has 0 aliphatic rings. The van der Waals surface area contributed by atoms with E-state index in [9.17, 15) is 13.2 Å². The van der Waals surface area contributed by atoms with Gasteiger partial charge >= 0.3 is 10.3 Å². The molecule has 1 heterocycles. The summed E-state index contributed by atoms with van der Waals surface area (Å²) in [4.78, 5) is 16.0. The van der Waals surface area contributed by atoms with Crippen molar-refractivity contribution in [3.8, 4) is 17.4 Å². The van der Waals surface area contributed by atoms with Gasteiger partial charge < -0.3 is 13.7 Å². The van der Waals surface area contributed by atoms with Crippen LogP contribution in [-0.2, 0) is 10.3 Å². The number of para-hydroxylation sites is 1. The molecule has 0 unspecified atom stereocenters. The van der Waals surface area contributed by atoms with E-state index in [1.54, 1.807) is 4.72 Å². The highest BCUT2D eigenvalue weighted by molar-refractivity contribution is 7.85. The number of pyridine rings is 1. The first-order chi connectivity index (χ1) is 11.8. The fourth-order valence-electron chi connectivity index (χ4n) is 1.68. The minimum Gasteiger partial charge on any atom is -0.496 e. The number of halogens is 2. The summed E-state index contributed by atoms with van der Waals surface area (Å²) in [5, 5.41) is -0.0713. The summed E-state index contributed by atoms with van der Waals surface area (Å²) in [5.41, 5.74) is -0.256. The van der Waals surface area contributed by atoms with E-state index in [0.717, 1.165) is 0 Å². The van der Waals surface area contributed by atoms with Crippen molar-refractivity contribution in [2.45, 2.75) is 0 Å². The molecule has 1 amide bonds. The highest BCUT2D eigenvalue weighted by atomic mass is 35.5. The Morgan fingerprint density at radius 1 is 1.12 bits per heavy atom. The number of ether oxygens (including phenoxy) is 2. The molecule has 0 saturated carbocycles. The van der Waals surface area contributed by atoms with Crippen LogP contribution in [0, 0.1) is 0 Å². The first-order valence-corrected chi connectivity index (χ1v) is 8.73. The molecule has 0 spiro atoms. The van der Waals surface area contributed by atoms with Crippen LogP contribution in [0.3, 0.4) is 0 Å². The van der Waals surface area contributed by atoms with Crippen molar-refractivity contribution in [1.29, 1.82) is 0 Å². The zero-order chi connectivity index (χ0) is 18.6. The van der Waals surface area contributed by atoms with Crippen LogP contribution in [0.25, 0.3) is 0 Å². The van der Waals surface area contributed by atoms with Gasteiger partial charge in [0.25, 0.3) is 5.91 Å². The van der Waals surface area contributed by atoms with Crippen molar-refractivity contribution in [2.75, 3.05) is 14.2 Å². The molecule has 0 aliphatic carbocycles. The van der Waals surface area contributed by atoms with E-state index < -0.39 is 16.2 Å². The van der Waals surface area contributed by atoms with Crippen LogP contribution in [0.1, 0.15) is 10.5 Å². The van der Waals surface area contributed by atoms with Crippen molar-refractivity contribution in [2.24, 2.45) is 0 Å². The summed E-state index contributed by atoms with van der Waals surface area (Å²) in [6.07, 6.45) is 0. The van der Waals surface area contributed by atoms with Crippen LogP contribution in [-0.4, -0.2) is 33.5 Å². The fourth-order valence-corrected chi connectivity index (χ4v) is 3.02. The number of nitrogens with one attached hydrogen (secondary N) is 1. The van der Waals surface area contributed by atoms with E-state index in [1.807, 2.05) is 0 Å². The summed E-state index contributed by atoms with van der Waals surface area (Å²) in [6, 6.07) is 6.93. The standard InChI is InChI=1S/C14H12Cl2N2O6S/c1-22-8-6-11(17-12(7-8)23-2)14(19)18-25(20,21)24-13-9(15)4-3-5-10(13)16/h3-7H,1-2H3,(H,18,19). The van der Waals surface area contributed by atoms with E-state index in [1.165, 1.54) is 44.6 Å². The van der Waals surface area contributed by atoms with Crippen LogP contribution in [0.2, 0.25) is 10.0 Å². The Bertz CT molecular complexity index is 862. The minimum atomic E-state index is -4.56. The SMILES string of the molecule is COc1cc(OC)nc(C(=O)NS(=O)(=O)Oc2c(Cl)cccc2Cl)c1. The molecule has 8 nitrogen and oxygen atoms in total. The van der Waals surface area contributed by atoms with Gasteiger partial charge in [0.2, 0.25) is 5.88 Å². The molecule has 0 bridgehead atoms. The monoisotopic (exact) mass is 406 g/mol. The maximum absolute atomic E-state index is 12.1. The summed E-state index contributed by atoms with van der Waals surface area (Å²) in [5.74, 6) is -1.04. The second kappa shape index (κ2) is 7.77. The molecule has 0 saturated heterocycles. The lowest BCUT2D eigenvalue weighted by atomic mass is 10.3. The second-order valence-electron chi connectivity index (χ2n) is 4.45. The zero-order valence-electron chi connectivity index (χ0n) is 12.9. The number of aromatic nitrogens is 1. The lowest BCUT2D eigenvalue weighted by molar-refractivity contribution is 0.0973. The van der Waals surface area contributed by atoms with Gasteiger partial charge in [-0.3, -0.25) is 4.79 Å². The lowest BCUT2D eigenvalue weighted by Crippen LogP contribution is -2.34. The third kappa shape index (κ3) is 4.88. The lowest BCUT2D eigenvalue weighted by Gasteiger charge is -2.11. The number of rotatable bonds is 6. The predicted molar refractivity (Wildman–Crippen MR) is 90.8 cm³/mol. The molecule has 2 aromatic rings. The smallest absolute Gasteiger partial charge is 0.410 e. The Hall–Kier alpha value is -2.23. The number of nitrogens with zero attached hydrogens (tertiary/aromatic N) is 1. The van der Waals surface area contributed by atoms with Crippen molar-refractivity contribution in [3.05, 3.63) is 46.1 Å². The minimum absolute atomic E-state index is 0.0356. The van der Waals surface area contributed by atoms with E-state index in [4.69, 9.17) is 36.9 Å². The number of benzene rings is 1. The molecule has 0 atom stereocenters. The molecule has 25 heavy (non-hydrogen) atoms. The summed E-state index contributed by atoms with van der Waals surface area (Å²) < 4.78 is 40.4. The zero-order valence-corrected chi connectivity index (χ0v) is 15.3. The average molecular weight is 407 g/mol. The van der Waals surface area contributed by atoms with Crippen LogP contribution < -0.4 is 18.4 Å². The summed E-state index contributed by atoms with van der Waals surface area (Å²) >= 11 is 11.7. The average Bonchev–Trinajstić information content (AvgIpc) is 2.57. The number of carbonyl (C=O) groups is 1. The molecular weight excluding hydrogens is 395 g/mol.